The molecule has 0 fully saturated rings. The highest BCUT2D eigenvalue weighted by Gasteiger charge is 2.09. The van der Waals surface area contributed by atoms with Gasteiger partial charge in [0, 0.05) is 11.9 Å². The molecule has 0 spiro atoms. The summed E-state index contributed by atoms with van der Waals surface area (Å²) in [4.78, 5) is 18.7. The molecule has 0 bridgehead atoms. The molecular formula is C14H12N4O2. The molecule has 1 aromatic heterocycles. The van der Waals surface area contributed by atoms with Crippen molar-refractivity contribution < 1.29 is 9.53 Å². The molecule has 2 aromatic rings. The third kappa shape index (κ3) is 2.84. The molecule has 1 aromatic carbocycles. The number of nitrogens with one attached hydrogen (secondary N) is 1. The van der Waals surface area contributed by atoms with Gasteiger partial charge in [0.1, 0.15) is 0 Å². The van der Waals surface area contributed by atoms with E-state index in [0.717, 1.165) is 5.69 Å². The predicted molar refractivity (Wildman–Crippen MR) is 76.0 cm³/mol. The van der Waals surface area contributed by atoms with Gasteiger partial charge in [-0.25, -0.2) is 14.6 Å². The SMILES string of the molecule is [C-]#[N+]c1ccc(Nc2ncc(C(=O)OC)cc2N)cc1. The molecule has 0 unspecified atom stereocenters. The summed E-state index contributed by atoms with van der Waals surface area (Å²) in [5, 5.41) is 3.02. The number of ether oxygens (including phenoxy) is 1. The lowest BCUT2D eigenvalue weighted by Crippen LogP contribution is -2.05. The molecule has 0 amide bonds. The molecular weight excluding hydrogens is 256 g/mol. The number of carbonyl (C=O) groups is 1. The fourth-order valence-electron chi connectivity index (χ4n) is 1.57. The molecule has 0 atom stereocenters. The van der Waals surface area contributed by atoms with Gasteiger partial charge >= 0.3 is 5.97 Å². The van der Waals surface area contributed by atoms with Gasteiger partial charge < -0.3 is 15.8 Å². The Hall–Kier alpha value is -3.07. The number of aromatic nitrogens is 1. The van der Waals surface area contributed by atoms with E-state index in [2.05, 4.69) is 19.9 Å². The number of nitrogen functional groups attached to an aromatic ring is 1. The summed E-state index contributed by atoms with van der Waals surface area (Å²) in [5.74, 6) is -0.0506. The molecule has 3 N–H and O–H groups in total. The molecule has 6 nitrogen and oxygen atoms in total. The Kier molecular flexibility index (Phi) is 3.82. The quantitative estimate of drug-likeness (QED) is 0.660. The third-order valence-electron chi connectivity index (χ3n) is 2.60. The topological polar surface area (TPSA) is 81.6 Å². The minimum atomic E-state index is -0.489. The van der Waals surface area contributed by atoms with Crippen molar-refractivity contribution in [2.75, 3.05) is 18.2 Å². The molecule has 6 heteroatoms. The Morgan fingerprint density at radius 2 is 2.10 bits per heavy atom. The van der Waals surface area contributed by atoms with E-state index in [1.54, 1.807) is 24.3 Å². The summed E-state index contributed by atoms with van der Waals surface area (Å²) < 4.78 is 4.59. The monoisotopic (exact) mass is 268 g/mol. The maximum atomic E-state index is 11.3. The van der Waals surface area contributed by atoms with Crippen molar-refractivity contribution >= 4 is 28.8 Å². The lowest BCUT2D eigenvalue weighted by Gasteiger charge is -2.09. The van der Waals surface area contributed by atoms with Crippen LogP contribution in [0.1, 0.15) is 10.4 Å². The molecule has 0 aliphatic carbocycles. The summed E-state index contributed by atoms with van der Waals surface area (Å²) in [5.41, 5.74) is 7.77. The number of nitrogens with two attached hydrogens (primary N) is 1. The maximum absolute atomic E-state index is 11.3. The summed E-state index contributed by atoms with van der Waals surface area (Å²) in [6, 6.07) is 8.38. The standard InChI is InChI=1S/C14H12N4O2/c1-16-10-3-5-11(6-4-10)18-13-12(15)7-9(8-17-13)14(19)20-2/h3-8H,15H2,2H3,(H,17,18). The number of carbonyl (C=O) groups excluding carboxylic acids is 1. The molecule has 0 saturated carbocycles. The van der Waals surface area contributed by atoms with Gasteiger partial charge in [-0.15, -0.1) is 0 Å². The van der Waals surface area contributed by atoms with Crippen LogP contribution >= 0.6 is 0 Å². The second kappa shape index (κ2) is 5.71. The highest BCUT2D eigenvalue weighted by atomic mass is 16.5. The minimum Gasteiger partial charge on any atom is -0.465 e. The van der Waals surface area contributed by atoms with E-state index in [4.69, 9.17) is 12.3 Å². The smallest absolute Gasteiger partial charge is 0.339 e. The van der Waals surface area contributed by atoms with E-state index in [-0.39, 0.29) is 0 Å². The van der Waals surface area contributed by atoms with Gasteiger partial charge in [0.15, 0.2) is 11.5 Å². The van der Waals surface area contributed by atoms with E-state index < -0.39 is 5.97 Å². The van der Waals surface area contributed by atoms with Crippen molar-refractivity contribution in [2.45, 2.75) is 0 Å². The van der Waals surface area contributed by atoms with Crippen molar-refractivity contribution in [1.29, 1.82) is 0 Å². The molecule has 100 valence electrons. The highest BCUT2D eigenvalue weighted by Crippen LogP contribution is 2.23. The van der Waals surface area contributed by atoms with Gasteiger partial charge in [0.05, 0.1) is 24.9 Å². The number of esters is 1. The Bertz CT molecular complexity index is 675. The van der Waals surface area contributed by atoms with E-state index in [0.29, 0.717) is 22.8 Å². The average molecular weight is 268 g/mol. The summed E-state index contributed by atoms with van der Waals surface area (Å²) >= 11 is 0. The Balaban J connectivity index is 2.21. The van der Waals surface area contributed by atoms with Gasteiger partial charge in [-0.1, -0.05) is 12.1 Å². The lowest BCUT2D eigenvalue weighted by molar-refractivity contribution is 0.0600. The number of methoxy groups -OCH3 is 1. The Morgan fingerprint density at radius 1 is 1.40 bits per heavy atom. The fourth-order valence-corrected chi connectivity index (χ4v) is 1.57. The molecule has 0 radical (unpaired) electrons. The van der Waals surface area contributed by atoms with Crippen LogP contribution in [0.3, 0.4) is 0 Å². The summed E-state index contributed by atoms with van der Waals surface area (Å²) in [7, 11) is 1.30. The van der Waals surface area contributed by atoms with E-state index in [1.807, 2.05) is 0 Å². The molecule has 1 heterocycles. The number of pyridine rings is 1. The molecule has 2 rings (SSSR count). The van der Waals surface area contributed by atoms with Gasteiger partial charge in [-0.2, -0.15) is 0 Å². The van der Waals surface area contributed by atoms with E-state index in [1.165, 1.54) is 19.4 Å². The van der Waals surface area contributed by atoms with Crippen LogP contribution < -0.4 is 11.1 Å². The highest BCUT2D eigenvalue weighted by molar-refractivity contribution is 5.91. The van der Waals surface area contributed by atoms with Crippen LogP contribution in [0.4, 0.5) is 22.9 Å². The number of hydrogen-bond donors (Lipinski definition) is 2. The third-order valence-corrected chi connectivity index (χ3v) is 2.60. The van der Waals surface area contributed by atoms with Crippen LogP contribution in [-0.2, 0) is 4.74 Å². The summed E-state index contributed by atoms with van der Waals surface area (Å²) in [6.07, 6.45) is 1.39. The van der Waals surface area contributed by atoms with Gasteiger partial charge in [0.2, 0.25) is 0 Å². The first-order valence-electron chi connectivity index (χ1n) is 5.72. The second-order valence-corrected chi connectivity index (χ2v) is 3.94. The van der Waals surface area contributed by atoms with Crippen LogP contribution in [0.15, 0.2) is 36.5 Å². The first-order chi connectivity index (χ1) is 9.63. The zero-order chi connectivity index (χ0) is 14.5. The van der Waals surface area contributed by atoms with Crippen LogP contribution in [0.2, 0.25) is 0 Å². The van der Waals surface area contributed by atoms with Crippen LogP contribution in [-0.4, -0.2) is 18.1 Å². The number of anilines is 3. The molecule has 0 aliphatic heterocycles. The van der Waals surface area contributed by atoms with Crippen molar-refractivity contribution in [3.05, 3.63) is 53.5 Å². The minimum absolute atomic E-state index is 0.291. The number of nitrogens with zero attached hydrogens (tertiary/aromatic N) is 2. The molecule has 20 heavy (non-hydrogen) atoms. The van der Waals surface area contributed by atoms with Gasteiger partial charge in [-0.3, -0.25) is 0 Å². The predicted octanol–water partition coefficient (Wildman–Crippen LogP) is 2.74. The lowest BCUT2D eigenvalue weighted by atomic mass is 10.2. The first kappa shape index (κ1) is 13.4. The molecule has 0 aliphatic rings. The van der Waals surface area contributed by atoms with Gasteiger partial charge in [-0.05, 0) is 18.2 Å². The van der Waals surface area contributed by atoms with Gasteiger partial charge in [0.25, 0.3) is 0 Å². The maximum Gasteiger partial charge on any atom is 0.339 e. The van der Waals surface area contributed by atoms with Crippen LogP contribution in [0, 0.1) is 6.57 Å². The van der Waals surface area contributed by atoms with E-state index >= 15 is 0 Å². The number of rotatable bonds is 3. The van der Waals surface area contributed by atoms with Crippen LogP contribution in [0.25, 0.3) is 4.85 Å². The zero-order valence-corrected chi connectivity index (χ0v) is 10.8. The van der Waals surface area contributed by atoms with Crippen molar-refractivity contribution in [1.82, 2.24) is 4.98 Å². The Labute approximate surface area is 116 Å². The van der Waals surface area contributed by atoms with Crippen molar-refractivity contribution in [3.63, 3.8) is 0 Å². The fraction of sp³-hybridized carbons (Fsp3) is 0.0714. The zero-order valence-electron chi connectivity index (χ0n) is 10.8. The van der Waals surface area contributed by atoms with E-state index in [9.17, 15) is 4.79 Å². The molecule has 0 saturated heterocycles. The van der Waals surface area contributed by atoms with Crippen molar-refractivity contribution in [3.8, 4) is 0 Å². The number of hydrogen-bond acceptors (Lipinski definition) is 5. The van der Waals surface area contributed by atoms with Crippen molar-refractivity contribution in [2.24, 2.45) is 0 Å². The largest absolute Gasteiger partial charge is 0.465 e. The first-order valence-corrected chi connectivity index (χ1v) is 5.72. The Morgan fingerprint density at radius 3 is 2.65 bits per heavy atom. The normalized spacial score (nSPS) is 9.60. The van der Waals surface area contributed by atoms with Crippen LogP contribution in [0.5, 0.6) is 0 Å². The summed E-state index contributed by atoms with van der Waals surface area (Å²) in [6.45, 7) is 6.88. The average Bonchev–Trinajstić information content (AvgIpc) is 2.49. The second-order valence-electron chi connectivity index (χ2n) is 3.94. The number of benzene rings is 1.